The van der Waals surface area contributed by atoms with Crippen LogP contribution in [-0.2, 0) is 0 Å². The zero-order valence-corrected chi connectivity index (χ0v) is 18.0. The Labute approximate surface area is 182 Å². The Kier molecular flexibility index (Phi) is 5.97. The average Bonchev–Trinajstić information content (AvgIpc) is 2.82. The van der Waals surface area contributed by atoms with E-state index < -0.39 is 0 Å². The molecule has 0 amide bonds. The van der Waals surface area contributed by atoms with E-state index in [1.165, 1.54) is 6.42 Å². The van der Waals surface area contributed by atoms with Crippen molar-refractivity contribution < 1.29 is 4.79 Å². The molecule has 6 heteroatoms. The van der Waals surface area contributed by atoms with E-state index in [2.05, 4.69) is 9.97 Å². The highest BCUT2D eigenvalue weighted by Crippen LogP contribution is 2.36. The van der Waals surface area contributed by atoms with Crippen molar-refractivity contribution in [3.05, 3.63) is 54.0 Å². The smallest absolute Gasteiger partial charge is 0.169 e. The number of nitrogens with two attached hydrogens (primary N) is 1. The molecule has 158 valence electrons. The number of carbonyl (C=O) groups excluding carboxylic acids is 1. The molecule has 4 rings (SSSR count). The molecule has 1 fully saturated rings. The van der Waals surface area contributed by atoms with Crippen LogP contribution >= 0.6 is 0 Å². The van der Waals surface area contributed by atoms with Gasteiger partial charge in [-0.05, 0) is 42.7 Å². The van der Waals surface area contributed by atoms with Gasteiger partial charge in [-0.15, -0.1) is 0 Å². The Morgan fingerprint density at radius 3 is 2.48 bits per heavy atom. The summed E-state index contributed by atoms with van der Waals surface area (Å²) in [5.74, 6) is 6.60. The van der Waals surface area contributed by atoms with Crippen LogP contribution in [0.4, 0.5) is 5.69 Å². The first-order valence-corrected chi connectivity index (χ1v) is 10.9. The molecule has 1 aliphatic carbocycles. The normalized spacial score (nSPS) is 14.5. The molecule has 0 unspecified atom stereocenters. The molecule has 2 heterocycles. The van der Waals surface area contributed by atoms with Gasteiger partial charge in [-0.2, -0.15) is 5.26 Å². The van der Waals surface area contributed by atoms with Crippen LogP contribution < -0.4 is 10.9 Å². The predicted octanol–water partition coefficient (Wildman–Crippen LogP) is 5.02. The van der Waals surface area contributed by atoms with Gasteiger partial charge in [0.1, 0.15) is 11.8 Å². The summed E-state index contributed by atoms with van der Waals surface area (Å²) in [6, 6.07) is 11.8. The van der Waals surface area contributed by atoms with Crippen LogP contribution in [0.1, 0.15) is 62.0 Å². The maximum absolute atomic E-state index is 13.1. The summed E-state index contributed by atoms with van der Waals surface area (Å²) in [6.07, 6.45) is 8.94. The minimum absolute atomic E-state index is 0.0427. The molecule has 0 aliphatic heterocycles. The number of anilines is 1. The van der Waals surface area contributed by atoms with E-state index in [0.29, 0.717) is 11.3 Å². The van der Waals surface area contributed by atoms with E-state index in [1.807, 2.05) is 49.2 Å². The highest BCUT2D eigenvalue weighted by Gasteiger charge is 2.26. The van der Waals surface area contributed by atoms with Gasteiger partial charge in [-0.1, -0.05) is 39.2 Å². The van der Waals surface area contributed by atoms with Gasteiger partial charge in [0.05, 0.1) is 16.8 Å². The van der Waals surface area contributed by atoms with E-state index in [-0.39, 0.29) is 17.7 Å². The van der Waals surface area contributed by atoms with Gasteiger partial charge in [-0.3, -0.25) is 9.78 Å². The molecule has 1 aliphatic rings. The minimum Gasteiger partial charge on any atom is -0.307 e. The van der Waals surface area contributed by atoms with Gasteiger partial charge in [0, 0.05) is 35.3 Å². The third kappa shape index (κ3) is 4.14. The number of rotatable bonds is 5. The van der Waals surface area contributed by atoms with Gasteiger partial charge < -0.3 is 5.01 Å². The monoisotopic (exact) mass is 413 g/mol. The molecule has 3 aromatic rings. The number of Topliss-reactive ketones (excluding diaryl/α,β-unsaturated/α-hetero) is 1. The highest BCUT2D eigenvalue weighted by atomic mass is 16.1. The van der Waals surface area contributed by atoms with Crippen LogP contribution in [0.5, 0.6) is 0 Å². The number of ketones is 1. The van der Waals surface area contributed by atoms with Crippen molar-refractivity contribution in [2.75, 3.05) is 5.01 Å². The number of carbonyl (C=O) groups is 1. The number of pyridine rings is 2. The number of hydrogen-bond donors (Lipinski definition) is 1. The number of nitriles is 1. The summed E-state index contributed by atoms with van der Waals surface area (Å²) < 4.78 is 0. The molecule has 6 nitrogen and oxygen atoms in total. The van der Waals surface area contributed by atoms with Gasteiger partial charge in [0.25, 0.3) is 0 Å². The Hall–Kier alpha value is -3.30. The van der Waals surface area contributed by atoms with Crippen molar-refractivity contribution in [3.63, 3.8) is 0 Å². The first-order valence-electron chi connectivity index (χ1n) is 10.9. The largest absolute Gasteiger partial charge is 0.307 e. The van der Waals surface area contributed by atoms with Crippen molar-refractivity contribution in [3.8, 4) is 17.2 Å². The fourth-order valence-electron chi connectivity index (χ4n) is 4.30. The lowest BCUT2D eigenvalue weighted by Gasteiger charge is -2.34. The van der Waals surface area contributed by atoms with E-state index in [1.54, 1.807) is 18.5 Å². The second kappa shape index (κ2) is 8.83. The molecule has 0 saturated heterocycles. The van der Waals surface area contributed by atoms with Crippen LogP contribution in [0.2, 0.25) is 0 Å². The third-order valence-electron chi connectivity index (χ3n) is 6.07. The van der Waals surface area contributed by atoms with E-state index in [4.69, 9.17) is 11.1 Å². The molecule has 1 aromatic carbocycles. The van der Waals surface area contributed by atoms with Crippen LogP contribution in [0.3, 0.4) is 0 Å². The number of fused-ring (bicyclic) bond motifs is 1. The van der Waals surface area contributed by atoms with E-state index in [9.17, 15) is 4.79 Å². The quantitative estimate of drug-likeness (QED) is 0.358. The molecule has 2 aromatic heterocycles. The zero-order valence-electron chi connectivity index (χ0n) is 18.0. The van der Waals surface area contributed by atoms with Crippen LogP contribution in [0.15, 0.2) is 42.7 Å². The lowest BCUT2D eigenvalue weighted by atomic mass is 9.92. The molecule has 2 N–H and O–H groups in total. The first-order chi connectivity index (χ1) is 15.0. The van der Waals surface area contributed by atoms with Crippen LogP contribution in [0.25, 0.3) is 22.0 Å². The lowest BCUT2D eigenvalue weighted by Crippen LogP contribution is -2.43. The standard InChI is InChI=1S/C25H27N5O/c1-16(2)25(31)22-15-29-23-11-9-17(18-8-10-19(13-26)28-14-18)12-21(23)24(22)30(27)20-6-4-3-5-7-20/h8-12,14-16,20H,3-7,27H2,1-2H3. The lowest BCUT2D eigenvalue weighted by molar-refractivity contribution is 0.0939. The van der Waals surface area contributed by atoms with E-state index in [0.717, 1.165) is 53.4 Å². The summed E-state index contributed by atoms with van der Waals surface area (Å²) in [4.78, 5) is 21.8. The second-order valence-electron chi connectivity index (χ2n) is 8.51. The molecule has 0 spiro atoms. The van der Waals surface area contributed by atoms with Gasteiger partial charge in [0.15, 0.2) is 5.78 Å². The van der Waals surface area contributed by atoms with Crippen molar-refractivity contribution in [1.82, 2.24) is 9.97 Å². The summed E-state index contributed by atoms with van der Waals surface area (Å²) in [6.45, 7) is 3.80. The maximum atomic E-state index is 13.1. The Balaban J connectivity index is 1.89. The number of hydrazine groups is 1. The summed E-state index contributed by atoms with van der Waals surface area (Å²) in [5, 5.41) is 11.7. The molecular weight excluding hydrogens is 386 g/mol. The SMILES string of the molecule is CC(C)C(=O)c1cnc2ccc(-c3ccc(C#N)nc3)cc2c1N(N)C1CCCCC1. The van der Waals surface area contributed by atoms with Crippen LogP contribution in [-0.4, -0.2) is 21.8 Å². The molecule has 1 saturated carbocycles. The summed E-state index contributed by atoms with van der Waals surface area (Å²) in [5.41, 5.74) is 4.35. The summed E-state index contributed by atoms with van der Waals surface area (Å²) in [7, 11) is 0. The topological polar surface area (TPSA) is 95.9 Å². The van der Waals surface area contributed by atoms with Crippen molar-refractivity contribution in [2.24, 2.45) is 11.8 Å². The maximum Gasteiger partial charge on any atom is 0.169 e. The minimum atomic E-state index is -0.149. The number of aromatic nitrogens is 2. The molecule has 0 bridgehead atoms. The molecule has 31 heavy (non-hydrogen) atoms. The van der Waals surface area contributed by atoms with Crippen LogP contribution in [0, 0.1) is 17.2 Å². The molecule has 0 atom stereocenters. The molecule has 0 radical (unpaired) electrons. The van der Waals surface area contributed by atoms with Gasteiger partial charge >= 0.3 is 0 Å². The fraction of sp³-hybridized carbons (Fsp3) is 0.360. The second-order valence-corrected chi connectivity index (χ2v) is 8.51. The summed E-state index contributed by atoms with van der Waals surface area (Å²) >= 11 is 0. The Morgan fingerprint density at radius 1 is 1.10 bits per heavy atom. The first kappa shape index (κ1) is 21.0. The Bertz CT molecular complexity index is 1140. The van der Waals surface area contributed by atoms with Gasteiger partial charge in [-0.25, -0.2) is 10.8 Å². The van der Waals surface area contributed by atoms with Crippen molar-refractivity contribution in [1.29, 1.82) is 5.26 Å². The van der Waals surface area contributed by atoms with Crippen molar-refractivity contribution in [2.45, 2.75) is 52.0 Å². The number of nitrogens with zero attached hydrogens (tertiary/aromatic N) is 4. The third-order valence-corrected chi connectivity index (χ3v) is 6.07. The fourth-order valence-corrected chi connectivity index (χ4v) is 4.30. The average molecular weight is 414 g/mol. The van der Waals surface area contributed by atoms with E-state index >= 15 is 0 Å². The Morgan fingerprint density at radius 2 is 1.84 bits per heavy atom. The van der Waals surface area contributed by atoms with Gasteiger partial charge in [0.2, 0.25) is 0 Å². The van der Waals surface area contributed by atoms with Crippen molar-refractivity contribution >= 4 is 22.4 Å². The molecular formula is C25H27N5O. The predicted molar refractivity (Wildman–Crippen MR) is 122 cm³/mol. The highest BCUT2D eigenvalue weighted by molar-refractivity contribution is 6.09. The zero-order chi connectivity index (χ0) is 22.0. The number of hydrogen-bond acceptors (Lipinski definition) is 6. The number of benzene rings is 1.